The van der Waals surface area contributed by atoms with Crippen LogP contribution in [0.5, 0.6) is 5.88 Å². The molecule has 7 heteroatoms. The van der Waals surface area contributed by atoms with Crippen LogP contribution in [0.25, 0.3) is 11.1 Å². The maximum Gasteiger partial charge on any atom is 0.288 e. The number of ether oxygens (including phenoxy) is 1. The number of hydrogen-bond donors (Lipinski definition) is 1. The minimum atomic E-state index is -1.42. The van der Waals surface area contributed by atoms with E-state index in [0.29, 0.717) is 22.7 Å². The van der Waals surface area contributed by atoms with Crippen LogP contribution in [0.4, 0.5) is 5.69 Å². The highest BCUT2D eigenvalue weighted by molar-refractivity contribution is 7.84. The highest BCUT2D eigenvalue weighted by Gasteiger charge is 2.16. The molecule has 3 rings (SSSR count). The lowest BCUT2D eigenvalue weighted by atomic mass is 10.3. The van der Waals surface area contributed by atoms with Crippen molar-refractivity contribution in [2.75, 3.05) is 12.8 Å². The lowest BCUT2D eigenvalue weighted by Crippen LogP contribution is -2.00. The third-order valence-corrected chi connectivity index (χ3v) is 4.05. The Morgan fingerprint density at radius 2 is 2.24 bits per heavy atom. The van der Waals surface area contributed by atoms with E-state index in [-0.39, 0.29) is 11.0 Å². The second-order valence-corrected chi connectivity index (χ2v) is 5.70. The molecular weight excluding hydrogens is 290 g/mol. The summed E-state index contributed by atoms with van der Waals surface area (Å²) in [5, 5.41) is 0.168. The molecule has 2 aromatic heterocycles. The van der Waals surface area contributed by atoms with E-state index in [9.17, 15) is 4.21 Å². The minimum absolute atomic E-state index is 0.168. The molecule has 0 radical (unpaired) electrons. The zero-order valence-electron chi connectivity index (χ0n) is 11.3. The fourth-order valence-electron chi connectivity index (χ4n) is 1.94. The lowest BCUT2D eigenvalue weighted by Gasteiger charge is -2.04. The Morgan fingerprint density at radius 3 is 3.05 bits per heavy atom. The second-order valence-electron chi connectivity index (χ2n) is 4.37. The van der Waals surface area contributed by atoms with Gasteiger partial charge in [0.15, 0.2) is 5.58 Å². The molecule has 0 spiro atoms. The zero-order valence-corrected chi connectivity index (χ0v) is 12.1. The molecule has 108 valence electrons. The van der Waals surface area contributed by atoms with Crippen molar-refractivity contribution in [1.82, 2.24) is 9.97 Å². The summed E-state index contributed by atoms with van der Waals surface area (Å²) in [7, 11) is 0.101. The monoisotopic (exact) mass is 303 g/mol. The summed E-state index contributed by atoms with van der Waals surface area (Å²) >= 11 is 0. The number of rotatable bonds is 4. The summed E-state index contributed by atoms with van der Waals surface area (Å²) in [5.41, 5.74) is 8.15. The number of hydrogen-bond acceptors (Lipinski definition) is 6. The SMILES string of the molecule is COc1ncccc1CS(=O)c1nc2ccc(N)cc2o1. The van der Waals surface area contributed by atoms with Crippen LogP contribution < -0.4 is 10.5 Å². The van der Waals surface area contributed by atoms with Gasteiger partial charge in [0.1, 0.15) is 16.3 Å². The molecule has 3 aromatic rings. The van der Waals surface area contributed by atoms with Crippen molar-refractivity contribution in [1.29, 1.82) is 0 Å². The van der Waals surface area contributed by atoms with Crippen molar-refractivity contribution in [3.63, 3.8) is 0 Å². The second kappa shape index (κ2) is 5.53. The van der Waals surface area contributed by atoms with E-state index in [1.807, 2.05) is 6.07 Å². The third kappa shape index (κ3) is 2.73. The van der Waals surface area contributed by atoms with Gasteiger partial charge >= 0.3 is 0 Å². The predicted molar refractivity (Wildman–Crippen MR) is 79.3 cm³/mol. The molecular formula is C14H13N3O3S. The van der Waals surface area contributed by atoms with Gasteiger partial charge in [0.05, 0.1) is 12.9 Å². The Morgan fingerprint density at radius 1 is 1.38 bits per heavy atom. The Hall–Kier alpha value is -2.41. The van der Waals surface area contributed by atoms with Gasteiger partial charge < -0.3 is 14.9 Å². The van der Waals surface area contributed by atoms with Crippen LogP contribution in [-0.4, -0.2) is 21.3 Å². The Kier molecular flexibility index (Phi) is 3.57. The van der Waals surface area contributed by atoms with Crippen LogP contribution in [0.2, 0.25) is 0 Å². The first-order valence-electron chi connectivity index (χ1n) is 6.19. The molecule has 0 aliphatic rings. The smallest absolute Gasteiger partial charge is 0.288 e. The van der Waals surface area contributed by atoms with E-state index in [1.54, 1.807) is 30.5 Å². The van der Waals surface area contributed by atoms with Gasteiger partial charge in [-0.05, 0) is 18.2 Å². The molecule has 0 saturated heterocycles. The average Bonchev–Trinajstić information content (AvgIpc) is 2.91. The highest BCUT2D eigenvalue weighted by Crippen LogP contribution is 2.23. The van der Waals surface area contributed by atoms with Crippen LogP contribution in [0.3, 0.4) is 0 Å². The largest absolute Gasteiger partial charge is 0.481 e. The van der Waals surface area contributed by atoms with Crippen LogP contribution >= 0.6 is 0 Å². The highest BCUT2D eigenvalue weighted by atomic mass is 32.2. The van der Waals surface area contributed by atoms with Crippen molar-refractivity contribution in [2.45, 2.75) is 11.0 Å². The lowest BCUT2D eigenvalue weighted by molar-refractivity contribution is 0.394. The molecule has 0 bridgehead atoms. The number of nitrogen functional groups attached to an aromatic ring is 1. The third-order valence-electron chi connectivity index (χ3n) is 2.92. The first-order chi connectivity index (χ1) is 10.2. The van der Waals surface area contributed by atoms with Crippen LogP contribution in [-0.2, 0) is 16.6 Å². The maximum absolute atomic E-state index is 12.4. The van der Waals surface area contributed by atoms with Gasteiger partial charge in [-0.1, -0.05) is 6.07 Å². The Balaban J connectivity index is 1.90. The van der Waals surface area contributed by atoms with E-state index in [2.05, 4.69) is 9.97 Å². The number of anilines is 1. The van der Waals surface area contributed by atoms with Crippen molar-refractivity contribution < 1.29 is 13.4 Å². The molecule has 21 heavy (non-hydrogen) atoms. The molecule has 0 aliphatic carbocycles. The predicted octanol–water partition coefficient (Wildman–Crippen LogP) is 2.12. The fourth-order valence-corrected chi connectivity index (χ4v) is 2.95. The molecule has 0 saturated carbocycles. The van der Waals surface area contributed by atoms with Gasteiger partial charge in [-0.25, -0.2) is 14.2 Å². The number of pyridine rings is 1. The van der Waals surface area contributed by atoms with E-state index in [0.717, 1.165) is 5.56 Å². The summed E-state index contributed by atoms with van der Waals surface area (Å²) in [6.07, 6.45) is 1.62. The van der Waals surface area contributed by atoms with Crippen LogP contribution in [0.1, 0.15) is 5.56 Å². The van der Waals surface area contributed by atoms with Gasteiger partial charge in [0.2, 0.25) is 5.88 Å². The first-order valence-corrected chi connectivity index (χ1v) is 7.51. The fraction of sp³-hybridized carbons (Fsp3) is 0.143. The number of oxazole rings is 1. The summed E-state index contributed by atoms with van der Waals surface area (Å²) in [6, 6.07) is 8.70. The molecule has 0 aliphatic heterocycles. The van der Waals surface area contributed by atoms with Crippen LogP contribution in [0, 0.1) is 0 Å². The number of nitrogens with zero attached hydrogens (tertiary/aromatic N) is 2. The van der Waals surface area contributed by atoms with Gasteiger partial charge in [-0.3, -0.25) is 0 Å². The minimum Gasteiger partial charge on any atom is -0.481 e. The van der Waals surface area contributed by atoms with Crippen molar-refractivity contribution in [3.05, 3.63) is 42.1 Å². The van der Waals surface area contributed by atoms with Crippen LogP contribution in [0.15, 0.2) is 46.2 Å². The van der Waals surface area contributed by atoms with Gasteiger partial charge in [0, 0.05) is 23.5 Å². The maximum atomic E-state index is 12.4. The molecule has 0 amide bonds. The zero-order chi connectivity index (χ0) is 14.8. The quantitative estimate of drug-likeness (QED) is 0.742. The summed E-state index contributed by atoms with van der Waals surface area (Å²) in [4.78, 5) is 8.30. The molecule has 2 heterocycles. The Bertz CT molecular complexity index is 816. The van der Waals surface area contributed by atoms with Crippen molar-refractivity contribution in [3.8, 4) is 5.88 Å². The average molecular weight is 303 g/mol. The molecule has 0 fully saturated rings. The number of methoxy groups -OCH3 is 1. The first kappa shape index (κ1) is 13.6. The normalized spacial score (nSPS) is 12.4. The topological polar surface area (TPSA) is 91.2 Å². The number of fused-ring (bicyclic) bond motifs is 1. The van der Waals surface area contributed by atoms with Gasteiger partial charge in [0.25, 0.3) is 5.22 Å². The molecule has 1 atom stereocenters. The standard InChI is InChI=1S/C14H13N3O3S/c1-19-13-9(3-2-6-16-13)8-21(18)14-17-11-5-4-10(15)7-12(11)20-14/h2-7H,8,15H2,1H3. The summed E-state index contributed by atoms with van der Waals surface area (Å²) in [5.74, 6) is 0.672. The van der Waals surface area contributed by atoms with Gasteiger partial charge in [-0.2, -0.15) is 0 Å². The van der Waals surface area contributed by atoms with E-state index in [4.69, 9.17) is 14.9 Å². The van der Waals surface area contributed by atoms with Crippen molar-refractivity contribution in [2.24, 2.45) is 0 Å². The molecule has 2 N–H and O–H groups in total. The number of benzene rings is 1. The van der Waals surface area contributed by atoms with Crippen molar-refractivity contribution >= 4 is 27.6 Å². The summed E-state index contributed by atoms with van der Waals surface area (Å²) < 4.78 is 23.0. The molecule has 1 unspecified atom stereocenters. The summed E-state index contributed by atoms with van der Waals surface area (Å²) in [6.45, 7) is 0. The van der Waals surface area contributed by atoms with Gasteiger partial charge in [-0.15, -0.1) is 0 Å². The van der Waals surface area contributed by atoms with E-state index >= 15 is 0 Å². The molecule has 6 nitrogen and oxygen atoms in total. The number of aromatic nitrogens is 2. The van der Waals surface area contributed by atoms with E-state index < -0.39 is 10.8 Å². The number of nitrogens with two attached hydrogens (primary N) is 1. The molecule has 1 aromatic carbocycles. The van der Waals surface area contributed by atoms with E-state index in [1.165, 1.54) is 7.11 Å². The Labute approximate surface area is 123 Å².